The molecule has 0 aliphatic carbocycles. The zero-order chi connectivity index (χ0) is 71.1. The van der Waals surface area contributed by atoms with Crippen LogP contribution in [0.25, 0.3) is 0 Å². The van der Waals surface area contributed by atoms with Gasteiger partial charge >= 0.3 is 0 Å². The van der Waals surface area contributed by atoms with Crippen molar-refractivity contribution in [3.63, 3.8) is 0 Å². The lowest BCUT2D eigenvalue weighted by molar-refractivity contribution is -0.379. The molecule has 12 N–H and O–H groups in total. The number of unbranched alkanes of at least 4 members (excludes halogenated alkanes) is 39. The van der Waals surface area contributed by atoms with Crippen molar-refractivity contribution in [1.29, 1.82) is 0 Å². The van der Waals surface area contributed by atoms with Crippen molar-refractivity contribution in [2.24, 2.45) is 0 Å². The summed E-state index contributed by atoms with van der Waals surface area (Å²) in [5.74, 6) is -0.238. The fourth-order valence-electron chi connectivity index (χ4n) is 13.5. The Labute approximate surface area is 593 Å². The van der Waals surface area contributed by atoms with Crippen LogP contribution in [0.15, 0.2) is 48.6 Å². The van der Waals surface area contributed by atoms with E-state index in [9.17, 15) is 61.0 Å². The maximum Gasteiger partial charge on any atom is 0.220 e. The number of aliphatic hydroxyl groups is 11. The minimum Gasteiger partial charge on any atom is -0.394 e. The summed E-state index contributed by atoms with van der Waals surface area (Å²) in [6, 6.07) is -0.888. The number of hydrogen-bond donors (Lipinski definition) is 12. The summed E-state index contributed by atoms with van der Waals surface area (Å²) in [7, 11) is 0. The molecule has 574 valence electrons. The topological polar surface area (TPSA) is 307 Å². The fraction of sp³-hybridized carbons (Fsp3) is 0.886. The van der Waals surface area contributed by atoms with Gasteiger partial charge in [0.15, 0.2) is 18.9 Å². The van der Waals surface area contributed by atoms with E-state index in [1.165, 1.54) is 212 Å². The molecular weight excluding hydrogens is 1250 g/mol. The fourth-order valence-corrected chi connectivity index (χ4v) is 13.5. The van der Waals surface area contributed by atoms with Gasteiger partial charge in [-0.2, -0.15) is 0 Å². The van der Waals surface area contributed by atoms with E-state index in [0.717, 1.165) is 70.6 Å². The van der Waals surface area contributed by atoms with E-state index in [1.807, 2.05) is 0 Å². The third-order valence-electron chi connectivity index (χ3n) is 19.9. The number of amides is 1. The van der Waals surface area contributed by atoms with E-state index in [1.54, 1.807) is 0 Å². The molecule has 17 unspecified atom stereocenters. The van der Waals surface area contributed by atoms with Crippen molar-refractivity contribution in [2.75, 3.05) is 26.4 Å². The average molecular weight is 1400 g/mol. The number of allylic oxidation sites excluding steroid dienone is 8. The van der Waals surface area contributed by atoms with Gasteiger partial charge in [0.1, 0.15) is 73.2 Å². The van der Waals surface area contributed by atoms with Gasteiger partial charge in [-0.25, -0.2) is 0 Å². The van der Waals surface area contributed by atoms with Crippen molar-refractivity contribution in [2.45, 2.75) is 420 Å². The minimum absolute atomic E-state index is 0.238. The highest BCUT2D eigenvalue weighted by Gasteiger charge is 2.54. The molecular formula is C79H145NO18. The number of nitrogens with one attached hydrogen (secondary N) is 1. The van der Waals surface area contributed by atoms with Crippen LogP contribution in [0, 0.1) is 0 Å². The molecule has 17 atom stereocenters. The summed E-state index contributed by atoms with van der Waals surface area (Å²) in [6.07, 6.45) is 47.6. The number of ether oxygens (including phenoxy) is 6. The van der Waals surface area contributed by atoms with E-state index < -0.39 is 124 Å². The molecule has 0 aromatic carbocycles. The molecule has 0 bridgehead atoms. The van der Waals surface area contributed by atoms with Gasteiger partial charge < -0.3 is 89.9 Å². The second-order valence-electron chi connectivity index (χ2n) is 28.5. The Hall–Kier alpha value is -2.25. The maximum absolute atomic E-state index is 13.5. The van der Waals surface area contributed by atoms with Crippen LogP contribution in [0.2, 0.25) is 0 Å². The van der Waals surface area contributed by atoms with Crippen LogP contribution < -0.4 is 5.32 Å². The van der Waals surface area contributed by atoms with Gasteiger partial charge in [0.25, 0.3) is 0 Å². The van der Waals surface area contributed by atoms with E-state index in [-0.39, 0.29) is 18.9 Å². The lowest BCUT2D eigenvalue weighted by atomic mass is 9.96. The van der Waals surface area contributed by atoms with Crippen molar-refractivity contribution in [3.8, 4) is 0 Å². The molecule has 3 fully saturated rings. The zero-order valence-corrected chi connectivity index (χ0v) is 61.3. The lowest BCUT2D eigenvalue weighted by Gasteiger charge is -2.48. The summed E-state index contributed by atoms with van der Waals surface area (Å²) in [5.41, 5.74) is 0. The molecule has 3 rings (SSSR count). The lowest BCUT2D eigenvalue weighted by Crippen LogP contribution is -2.66. The molecule has 98 heavy (non-hydrogen) atoms. The number of carbonyl (C=O) groups excluding carboxylic acids is 1. The van der Waals surface area contributed by atoms with E-state index in [0.29, 0.717) is 12.8 Å². The smallest absolute Gasteiger partial charge is 0.220 e. The summed E-state index contributed by atoms with van der Waals surface area (Å²) >= 11 is 0. The first-order valence-electron chi connectivity index (χ1n) is 39.9. The molecule has 3 heterocycles. The molecule has 0 aromatic heterocycles. The third-order valence-corrected chi connectivity index (χ3v) is 19.9. The SMILES string of the molecule is CC/C=C\C/C=C\C/C=C\C/C=C\CCCCCCCCCCCCCCCCCCCCC(=O)NC(COC1OC(CO)C(OC2OC(CO)C(OC3OC(CO)C(O)C(O)C3O)C(O)C2O)C(O)C1O)C(O)CCCCCCCCCCCCCCCCCCCCCCCC. The first-order chi connectivity index (χ1) is 47.8. The molecule has 0 aromatic rings. The number of hydrogen-bond acceptors (Lipinski definition) is 18. The molecule has 0 spiro atoms. The van der Waals surface area contributed by atoms with E-state index >= 15 is 0 Å². The number of carbonyl (C=O) groups is 1. The molecule has 3 aliphatic heterocycles. The predicted molar refractivity (Wildman–Crippen MR) is 388 cm³/mol. The van der Waals surface area contributed by atoms with Gasteiger partial charge in [-0.15, -0.1) is 0 Å². The quantitative estimate of drug-likeness (QED) is 0.0199. The second kappa shape index (κ2) is 60.1. The van der Waals surface area contributed by atoms with Crippen LogP contribution in [0.5, 0.6) is 0 Å². The minimum atomic E-state index is -1.97. The average Bonchev–Trinajstić information content (AvgIpc) is 0.785. The van der Waals surface area contributed by atoms with Crippen molar-refractivity contribution in [3.05, 3.63) is 48.6 Å². The van der Waals surface area contributed by atoms with Gasteiger partial charge in [-0.3, -0.25) is 4.79 Å². The zero-order valence-electron chi connectivity index (χ0n) is 61.3. The summed E-state index contributed by atoms with van der Waals surface area (Å²) in [5, 5.41) is 121. The molecule has 0 radical (unpaired) electrons. The highest BCUT2D eigenvalue weighted by atomic mass is 16.8. The van der Waals surface area contributed by atoms with E-state index in [2.05, 4.69) is 67.8 Å². The molecule has 3 saturated heterocycles. The Morgan fingerprint density at radius 1 is 0.378 bits per heavy atom. The third kappa shape index (κ3) is 40.1. The Morgan fingerprint density at radius 2 is 0.704 bits per heavy atom. The van der Waals surface area contributed by atoms with Crippen LogP contribution in [-0.4, -0.2) is 193 Å². The molecule has 19 nitrogen and oxygen atoms in total. The van der Waals surface area contributed by atoms with Crippen molar-refractivity contribution in [1.82, 2.24) is 5.32 Å². The first kappa shape index (κ1) is 90.0. The number of aliphatic hydroxyl groups excluding tert-OH is 11. The molecule has 1 amide bonds. The Balaban J connectivity index is 1.36. The largest absolute Gasteiger partial charge is 0.394 e. The Bertz CT molecular complexity index is 1960. The van der Waals surface area contributed by atoms with Crippen LogP contribution in [0.3, 0.4) is 0 Å². The van der Waals surface area contributed by atoms with Crippen LogP contribution >= 0.6 is 0 Å². The highest BCUT2D eigenvalue weighted by molar-refractivity contribution is 5.76. The summed E-state index contributed by atoms with van der Waals surface area (Å²) in [6.45, 7) is 1.73. The van der Waals surface area contributed by atoms with Crippen LogP contribution in [0.1, 0.15) is 316 Å². The van der Waals surface area contributed by atoms with Gasteiger partial charge in [0.05, 0.1) is 38.6 Å². The normalized spacial score (nSPS) is 27.0. The highest BCUT2D eigenvalue weighted by Crippen LogP contribution is 2.33. The molecule has 3 aliphatic rings. The van der Waals surface area contributed by atoms with Gasteiger partial charge in [-0.1, -0.05) is 306 Å². The van der Waals surface area contributed by atoms with Gasteiger partial charge in [0, 0.05) is 6.42 Å². The second-order valence-corrected chi connectivity index (χ2v) is 28.5. The summed E-state index contributed by atoms with van der Waals surface area (Å²) in [4.78, 5) is 13.5. The Kier molecular flexibility index (Phi) is 55.1. The van der Waals surface area contributed by atoms with E-state index in [4.69, 9.17) is 28.4 Å². The molecule has 0 saturated carbocycles. The van der Waals surface area contributed by atoms with Gasteiger partial charge in [-0.05, 0) is 51.4 Å². The monoisotopic (exact) mass is 1400 g/mol. The van der Waals surface area contributed by atoms with Crippen molar-refractivity contribution >= 4 is 5.91 Å². The summed E-state index contributed by atoms with van der Waals surface area (Å²) < 4.78 is 34.5. The van der Waals surface area contributed by atoms with Crippen LogP contribution in [0.4, 0.5) is 0 Å². The standard InChI is InChI=1S/C79H145NO18/c1-3-5-7-9-11-13-15-17-19-21-23-25-27-28-29-30-31-32-33-34-35-37-39-41-43-45-47-49-51-53-55-57-67(85)80-62(63(84)56-54-52-50-48-46-44-42-40-38-36-26-24-22-20-18-16-14-12-10-8-6-4-2)61-93-77-73(91)70(88)75(65(59-82)95-77)98-79-74(92)71(89)76(66(60-83)96-79)97-78-72(90)69(87)68(86)64(58-81)94-78/h5,7,11,13,17,19,23,25,62-66,68-79,81-84,86-92H,3-4,6,8-10,12,14-16,18,20-22,24,26-61H2,1-2H3,(H,80,85)/b7-5-,13-11-,19-17-,25-23-. The van der Waals surface area contributed by atoms with Crippen molar-refractivity contribution < 1.29 is 89.4 Å². The Morgan fingerprint density at radius 3 is 1.10 bits per heavy atom. The maximum atomic E-state index is 13.5. The predicted octanol–water partition coefficient (Wildman–Crippen LogP) is 12.9. The van der Waals surface area contributed by atoms with Gasteiger partial charge in [0.2, 0.25) is 5.91 Å². The van der Waals surface area contributed by atoms with Crippen LogP contribution in [-0.2, 0) is 33.2 Å². The first-order valence-corrected chi connectivity index (χ1v) is 39.9. The molecule has 19 heteroatoms. The number of rotatable bonds is 63.